The lowest BCUT2D eigenvalue weighted by molar-refractivity contribution is 0.378. The van der Waals surface area contributed by atoms with Crippen molar-refractivity contribution in [2.45, 2.75) is 5.92 Å². The van der Waals surface area contributed by atoms with Crippen molar-refractivity contribution < 1.29 is 4.74 Å². The second-order valence-corrected chi connectivity index (χ2v) is 4.76. The monoisotopic (exact) mass is 281 g/mol. The fourth-order valence-corrected chi connectivity index (χ4v) is 2.60. The van der Waals surface area contributed by atoms with E-state index in [4.69, 9.17) is 10.5 Å². The highest BCUT2D eigenvalue weighted by Gasteiger charge is 2.33. The van der Waals surface area contributed by atoms with Gasteiger partial charge in [-0.15, -0.1) is 0 Å². The van der Waals surface area contributed by atoms with E-state index >= 15 is 0 Å². The molecule has 3 rings (SSSR count). The van der Waals surface area contributed by atoms with Gasteiger partial charge < -0.3 is 15.8 Å². The Morgan fingerprint density at radius 1 is 1.33 bits per heavy atom. The van der Waals surface area contributed by atoms with Crippen LogP contribution in [0.4, 0.5) is 0 Å². The van der Waals surface area contributed by atoms with Gasteiger partial charge in [-0.3, -0.25) is 5.32 Å². The minimum absolute atomic E-state index is 0.192. The molecule has 0 spiro atoms. The number of allylic oxidation sites excluding steroid dienone is 1. The van der Waals surface area contributed by atoms with Crippen LogP contribution in [0.3, 0.4) is 0 Å². The van der Waals surface area contributed by atoms with Crippen molar-refractivity contribution in [1.29, 1.82) is 5.26 Å². The third kappa shape index (κ3) is 2.19. The van der Waals surface area contributed by atoms with E-state index in [0.717, 1.165) is 17.0 Å². The molecule has 0 radical (unpaired) electrons. The number of ether oxygens (including phenoxy) is 1. The molecule has 2 aliphatic heterocycles. The van der Waals surface area contributed by atoms with Crippen LogP contribution < -0.4 is 16.4 Å². The summed E-state index contributed by atoms with van der Waals surface area (Å²) in [5, 5.41) is 15.5. The van der Waals surface area contributed by atoms with Crippen molar-refractivity contribution in [1.82, 2.24) is 10.6 Å². The topological polar surface area (TPSA) is 95.5 Å². The molecule has 6 heteroatoms. The van der Waals surface area contributed by atoms with Crippen LogP contribution in [-0.4, -0.2) is 19.7 Å². The SMILES string of the molecule is COC1=NCC2=C(N1)NC(N)=C(C#N)C2c1ccccc1. The Balaban J connectivity index is 2.07. The fourth-order valence-electron chi connectivity index (χ4n) is 2.60. The number of nitrogens with zero attached hydrogens (tertiary/aromatic N) is 2. The minimum Gasteiger partial charge on any atom is -0.468 e. The molecule has 21 heavy (non-hydrogen) atoms. The first-order chi connectivity index (χ1) is 10.2. The van der Waals surface area contributed by atoms with E-state index in [-0.39, 0.29) is 5.92 Å². The smallest absolute Gasteiger partial charge is 0.290 e. The summed E-state index contributed by atoms with van der Waals surface area (Å²) < 4.78 is 5.11. The number of dihydropyridines is 1. The van der Waals surface area contributed by atoms with Crippen molar-refractivity contribution in [2.75, 3.05) is 13.7 Å². The van der Waals surface area contributed by atoms with Gasteiger partial charge in [0.1, 0.15) is 11.6 Å². The van der Waals surface area contributed by atoms with E-state index in [1.165, 1.54) is 0 Å². The predicted molar refractivity (Wildman–Crippen MR) is 78.6 cm³/mol. The van der Waals surface area contributed by atoms with Crippen LogP contribution >= 0.6 is 0 Å². The lowest BCUT2D eigenvalue weighted by Gasteiger charge is -2.32. The number of benzene rings is 1. The maximum atomic E-state index is 9.45. The van der Waals surface area contributed by atoms with Gasteiger partial charge in [0.2, 0.25) is 0 Å². The van der Waals surface area contributed by atoms with E-state index in [9.17, 15) is 5.26 Å². The minimum atomic E-state index is -0.192. The van der Waals surface area contributed by atoms with Gasteiger partial charge in [-0.2, -0.15) is 5.26 Å². The summed E-state index contributed by atoms with van der Waals surface area (Å²) in [6.45, 7) is 0.455. The number of hydrogen-bond acceptors (Lipinski definition) is 6. The predicted octanol–water partition coefficient (Wildman–Crippen LogP) is 0.884. The molecular formula is C15H15N5O. The molecule has 2 aliphatic rings. The quantitative estimate of drug-likeness (QED) is 0.710. The lowest BCUT2D eigenvalue weighted by Crippen LogP contribution is -2.43. The molecule has 106 valence electrons. The number of nitriles is 1. The molecule has 1 aromatic carbocycles. The zero-order chi connectivity index (χ0) is 14.8. The fraction of sp³-hybridized carbons (Fsp3) is 0.200. The molecule has 0 saturated heterocycles. The molecule has 0 fully saturated rings. The van der Waals surface area contributed by atoms with Crippen molar-refractivity contribution in [3.8, 4) is 6.07 Å². The van der Waals surface area contributed by atoms with Crippen LogP contribution in [0.1, 0.15) is 11.5 Å². The second-order valence-electron chi connectivity index (χ2n) is 4.76. The van der Waals surface area contributed by atoms with Crippen LogP contribution in [0.5, 0.6) is 0 Å². The van der Waals surface area contributed by atoms with Gasteiger partial charge in [-0.05, 0) is 5.56 Å². The maximum Gasteiger partial charge on any atom is 0.290 e. The first kappa shape index (κ1) is 13.1. The Morgan fingerprint density at radius 2 is 2.10 bits per heavy atom. The molecule has 1 unspecified atom stereocenters. The summed E-state index contributed by atoms with van der Waals surface area (Å²) in [6.07, 6.45) is 0. The van der Waals surface area contributed by atoms with E-state index in [0.29, 0.717) is 24.0 Å². The highest BCUT2D eigenvalue weighted by atomic mass is 16.5. The summed E-state index contributed by atoms with van der Waals surface area (Å²) in [7, 11) is 1.55. The van der Waals surface area contributed by atoms with Gasteiger partial charge in [0.25, 0.3) is 6.02 Å². The maximum absolute atomic E-state index is 9.45. The van der Waals surface area contributed by atoms with E-state index in [2.05, 4.69) is 21.7 Å². The molecular weight excluding hydrogens is 266 g/mol. The lowest BCUT2D eigenvalue weighted by atomic mass is 9.82. The summed E-state index contributed by atoms with van der Waals surface area (Å²) in [5.41, 5.74) is 8.51. The number of hydrogen-bond donors (Lipinski definition) is 3. The normalized spacial score (nSPS) is 20.8. The number of amidine groups is 1. The molecule has 0 saturated carbocycles. The Labute approximate surface area is 122 Å². The van der Waals surface area contributed by atoms with E-state index in [1.54, 1.807) is 7.11 Å². The molecule has 2 heterocycles. The molecule has 4 N–H and O–H groups in total. The van der Waals surface area contributed by atoms with Gasteiger partial charge in [-0.1, -0.05) is 30.3 Å². The first-order valence-electron chi connectivity index (χ1n) is 6.54. The molecule has 1 aromatic rings. The third-order valence-corrected chi connectivity index (χ3v) is 3.58. The van der Waals surface area contributed by atoms with E-state index in [1.807, 2.05) is 30.3 Å². The van der Waals surface area contributed by atoms with Gasteiger partial charge in [-0.25, -0.2) is 4.99 Å². The number of nitrogens with two attached hydrogens (primary N) is 1. The molecule has 0 aromatic heterocycles. The standard InChI is InChI=1S/C15H15N5O/c1-21-15-18-8-11-12(9-5-3-2-4-6-9)10(7-16)13(17)19-14(11)20-15/h2-6,12,19H,8,17H2,1H3,(H,18,20). The summed E-state index contributed by atoms with van der Waals surface area (Å²) in [4.78, 5) is 4.31. The Morgan fingerprint density at radius 3 is 2.76 bits per heavy atom. The summed E-state index contributed by atoms with van der Waals surface area (Å²) in [6, 6.07) is 12.5. The third-order valence-electron chi connectivity index (χ3n) is 3.58. The summed E-state index contributed by atoms with van der Waals surface area (Å²) in [5.74, 6) is 0.907. The largest absolute Gasteiger partial charge is 0.468 e. The van der Waals surface area contributed by atoms with Gasteiger partial charge in [0, 0.05) is 11.5 Å². The molecule has 0 bridgehead atoms. The number of aliphatic imine (C=N–C) groups is 1. The Bertz CT molecular complexity index is 697. The zero-order valence-electron chi connectivity index (χ0n) is 11.6. The average Bonchev–Trinajstić information content (AvgIpc) is 2.53. The van der Waals surface area contributed by atoms with Crippen LogP contribution in [0.25, 0.3) is 0 Å². The van der Waals surface area contributed by atoms with Crippen LogP contribution in [0.15, 0.2) is 58.1 Å². The van der Waals surface area contributed by atoms with Gasteiger partial charge >= 0.3 is 0 Å². The van der Waals surface area contributed by atoms with Crippen molar-refractivity contribution >= 4 is 6.02 Å². The molecule has 0 amide bonds. The second kappa shape index (κ2) is 5.21. The number of methoxy groups -OCH3 is 1. The highest BCUT2D eigenvalue weighted by Crippen LogP contribution is 2.36. The summed E-state index contributed by atoms with van der Waals surface area (Å²) >= 11 is 0. The van der Waals surface area contributed by atoms with Crippen molar-refractivity contribution in [2.24, 2.45) is 10.7 Å². The van der Waals surface area contributed by atoms with Gasteiger partial charge in [0.15, 0.2) is 0 Å². The van der Waals surface area contributed by atoms with E-state index < -0.39 is 0 Å². The highest BCUT2D eigenvalue weighted by molar-refractivity contribution is 5.77. The number of rotatable bonds is 1. The molecule has 1 atom stereocenters. The van der Waals surface area contributed by atoms with Gasteiger partial charge in [0.05, 0.1) is 25.3 Å². The van der Waals surface area contributed by atoms with Crippen LogP contribution in [0.2, 0.25) is 0 Å². The molecule has 6 nitrogen and oxygen atoms in total. The van der Waals surface area contributed by atoms with Crippen molar-refractivity contribution in [3.05, 3.63) is 58.7 Å². The molecule has 0 aliphatic carbocycles. The van der Waals surface area contributed by atoms with Crippen molar-refractivity contribution in [3.63, 3.8) is 0 Å². The average molecular weight is 281 g/mol. The zero-order valence-corrected chi connectivity index (χ0v) is 11.6. The van der Waals surface area contributed by atoms with Crippen LogP contribution in [-0.2, 0) is 4.74 Å². The first-order valence-corrected chi connectivity index (χ1v) is 6.54. The van der Waals surface area contributed by atoms with Crippen LogP contribution in [0, 0.1) is 11.3 Å². The Hall–Kier alpha value is -2.94. The Kier molecular flexibility index (Phi) is 3.24. The number of nitrogens with one attached hydrogen (secondary N) is 2.